The van der Waals surface area contributed by atoms with Crippen molar-refractivity contribution in [2.24, 2.45) is 0 Å². The molecule has 0 aliphatic rings. The van der Waals surface area contributed by atoms with Gasteiger partial charge in [0.05, 0.1) is 12.5 Å². The van der Waals surface area contributed by atoms with Gasteiger partial charge in [-0.1, -0.05) is 6.07 Å². The fourth-order valence-electron chi connectivity index (χ4n) is 2.29. The van der Waals surface area contributed by atoms with Crippen LogP contribution in [0.4, 0.5) is 0 Å². The van der Waals surface area contributed by atoms with Crippen LogP contribution in [0.25, 0.3) is 0 Å². The molecule has 0 aliphatic heterocycles. The maximum absolute atomic E-state index is 12.4. The van der Waals surface area contributed by atoms with Crippen LogP contribution in [-0.2, 0) is 17.6 Å². The normalized spacial score (nSPS) is 12.0. The molecule has 0 aromatic carbocycles. The van der Waals surface area contributed by atoms with Gasteiger partial charge in [-0.05, 0) is 41.4 Å². The second-order valence-electron chi connectivity index (χ2n) is 5.28. The SMILES string of the molecule is Cc1csc(C(Cc2ccsc2)NC(=O)Cc2ccccn2)n1. The third kappa shape index (κ3) is 4.46. The average Bonchev–Trinajstić information content (AvgIpc) is 3.19. The monoisotopic (exact) mass is 343 g/mol. The van der Waals surface area contributed by atoms with E-state index in [1.165, 1.54) is 5.56 Å². The smallest absolute Gasteiger partial charge is 0.226 e. The molecule has 0 spiro atoms. The molecular weight excluding hydrogens is 326 g/mol. The van der Waals surface area contributed by atoms with Gasteiger partial charge < -0.3 is 5.32 Å². The third-order valence-corrected chi connectivity index (χ3v) is 5.17. The molecule has 3 rings (SSSR count). The van der Waals surface area contributed by atoms with Gasteiger partial charge in [-0.2, -0.15) is 11.3 Å². The van der Waals surface area contributed by atoms with E-state index in [9.17, 15) is 4.79 Å². The lowest BCUT2D eigenvalue weighted by Crippen LogP contribution is -2.31. The Labute approximate surface area is 143 Å². The van der Waals surface area contributed by atoms with Crippen molar-refractivity contribution in [1.29, 1.82) is 0 Å². The summed E-state index contributed by atoms with van der Waals surface area (Å²) in [6, 6.07) is 7.59. The minimum absolute atomic E-state index is 0.0308. The molecule has 0 saturated heterocycles. The summed E-state index contributed by atoms with van der Waals surface area (Å²) < 4.78 is 0. The predicted molar refractivity (Wildman–Crippen MR) is 93.7 cm³/mol. The minimum Gasteiger partial charge on any atom is -0.346 e. The van der Waals surface area contributed by atoms with E-state index in [0.717, 1.165) is 22.8 Å². The molecule has 3 aromatic heterocycles. The number of nitrogens with one attached hydrogen (secondary N) is 1. The molecule has 23 heavy (non-hydrogen) atoms. The quantitative estimate of drug-likeness (QED) is 0.745. The van der Waals surface area contributed by atoms with Crippen LogP contribution in [0.3, 0.4) is 0 Å². The summed E-state index contributed by atoms with van der Waals surface area (Å²) in [5.41, 5.74) is 2.97. The van der Waals surface area contributed by atoms with Gasteiger partial charge in [0.1, 0.15) is 5.01 Å². The van der Waals surface area contributed by atoms with Gasteiger partial charge in [-0.15, -0.1) is 11.3 Å². The number of thiophene rings is 1. The highest BCUT2D eigenvalue weighted by Gasteiger charge is 2.19. The number of nitrogens with zero attached hydrogens (tertiary/aromatic N) is 2. The topological polar surface area (TPSA) is 54.9 Å². The maximum atomic E-state index is 12.4. The van der Waals surface area contributed by atoms with Crippen LogP contribution < -0.4 is 5.32 Å². The lowest BCUT2D eigenvalue weighted by molar-refractivity contribution is -0.121. The van der Waals surface area contributed by atoms with E-state index in [4.69, 9.17) is 0 Å². The van der Waals surface area contributed by atoms with Gasteiger partial charge in [0.25, 0.3) is 0 Å². The molecule has 1 N–H and O–H groups in total. The first-order valence-electron chi connectivity index (χ1n) is 7.33. The number of hydrogen-bond donors (Lipinski definition) is 1. The van der Waals surface area contributed by atoms with E-state index in [0.29, 0.717) is 0 Å². The fourth-order valence-corrected chi connectivity index (χ4v) is 3.82. The van der Waals surface area contributed by atoms with Gasteiger partial charge in [0.15, 0.2) is 0 Å². The van der Waals surface area contributed by atoms with Crippen molar-refractivity contribution < 1.29 is 4.79 Å². The molecule has 4 nitrogen and oxygen atoms in total. The van der Waals surface area contributed by atoms with Crippen LogP contribution >= 0.6 is 22.7 Å². The zero-order valence-electron chi connectivity index (χ0n) is 12.7. The van der Waals surface area contributed by atoms with Gasteiger partial charge in [0.2, 0.25) is 5.91 Å². The van der Waals surface area contributed by atoms with Crippen LogP contribution in [0.15, 0.2) is 46.6 Å². The maximum Gasteiger partial charge on any atom is 0.226 e. The summed E-state index contributed by atoms with van der Waals surface area (Å²) in [6.07, 6.45) is 2.74. The van der Waals surface area contributed by atoms with Crippen molar-refractivity contribution in [3.63, 3.8) is 0 Å². The Bertz CT molecular complexity index is 753. The highest BCUT2D eigenvalue weighted by Crippen LogP contribution is 2.23. The standard InChI is InChI=1S/C17H17N3OS2/c1-12-10-23-17(19-12)15(8-13-5-7-22-11-13)20-16(21)9-14-4-2-3-6-18-14/h2-7,10-11,15H,8-9H2,1H3,(H,20,21). The highest BCUT2D eigenvalue weighted by atomic mass is 32.1. The van der Waals surface area contributed by atoms with Crippen molar-refractivity contribution in [3.8, 4) is 0 Å². The Balaban J connectivity index is 1.71. The Kier molecular flexibility index (Phi) is 5.15. The predicted octanol–water partition coefficient (Wildman–Crippen LogP) is 3.55. The zero-order chi connectivity index (χ0) is 16.1. The Morgan fingerprint density at radius 2 is 2.22 bits per heavy atom. The van der Waals surface area contributed by atoms with E-state index in [2.05, 4.69) is 32.1 Å². The molecule has 6 heteroatoms. The Morgan fingerprint density at radius 1 is 1.30 bits per heavy atom. The Hall–Kier alpha value is -2.05. The van der Waals surface area contributed by atoms with E-state index in [1.54, 1.807) is 28.9 Å². The summed E-state index contributed by atoms with van der Waals surface area (Å²) >= 11 is 3.25. The Morgan fingerprint density at radius 3 is 2.87 bits per heavy atom. The molecule has 0 bridgehead atoms. The molecule has 0 radical (unpaired) electrons. The number of thiazole rings is 1. The number of aromatic nitrogens is 2. The van der Waals surface area contributed by atoms with Crippen molar-refractivity contribution in [2.45, 2.75) is 25.8 Å². The lowest BCUT2D eigenvalue weighted by atomic mass is 10.1. The van der Waals surface area contributed by atoms with Crippen molar-refractivity contribution >= 4 is 28.6 Å². The summed E-state index contributed by atoms with van der Waals surface area (Å²) in [4.78, 5) is 21.1. The largest absolute Gasteiger partial charge is 0.346 e. The minimum atomic E-state index is -0.0977. The second-order valence-corrected chi connectivity index (χ2v) is 6.95. The molecular formula is C17H17N3OS2. The molecule has 1 atom stereocenters. The molecule has 1 amide bonds. The van der Waals surface area contributed by atoms with Crippen LogP contribution in [0.2, 0.25) is 0 Å². The zero-order valence-corrected chi connectivity index (χ0v) is 14.4. The number of carbonyl (C=O) groups excluding carboxylic acids is 1. The molecule has 0 aliphatic carbocycles. The number of hydrogen-bond acceptors (Lipinski definition) is 5. The summed E-state index contributed by atoms with van der Waals surface area (Å²) in [6.45, 7) is 1.97. The third-order valence-electron chi connectivity index (χ3n) is 3.36. The summed E-state index contributed by atoms with van der Waals surface area (Å²) in [5, 5.41) is 10.2. The van der Waals surface area contributed by atoms with E-state index in [-0.39, 0.29) is 18.4 Å². The van der Waals surface area contributed by atoms with Crippen LogP contribution in [0, 0.1) is 6.92 Å². The molecule has 118 valence electrons. The molecule has 0 fully saturated rings. The fraction of sp³-hybridized carbons (Fsp3) is 0.235. The number of aryl methyl sites for hydroxylation is 1. The first kappa shape index (κ1) is 15.8. The van der Waals surface area contributed by atoms with Crippen molar-refractivity contribution in [3.05, 3.63) is 68.6 Å². The molecule has 3 aromatic rings. The van der Waals surface area contributed by atoms with Crippen LogP contribution in [0.5, 0.6) is 0 Å². The first-order valence-corrected chi connectivity index (χ1v) is 9.15. The number of carbonyl (C=O) groups is 1. The lowest BCUT2D eigenvalue weighted by Gasteiger charge is -2.16. The van der Waals surface area contributed by atoms with E-state index in [1.807, 2.05) is 30.5 Å². The van der Waals surface area contributed by atoms with Gasteiger partial charge >= 0.3 is 0 Å². The number of pyridine rings is 1. The number of amides is 1. The summed E-state index contributed by atoms with van der Waals surface area (Å²) in [5.74, 6) is -0.0308. The van der Waals surface area contributed by atoms with E-state index >= 15 is 0 Å². The molecule has 3 heterocycles. The van der Waals surface area contributed by atoms with E-state index < -0.39 is 0 Å². The number of rotatable bonds is 6. The highest BCUT2D eigenvalue weighted by molar-refractivity contribution is 7.09. The van der Waals surface area contributed by atoms with Crippen molar-refractivity contribution in [1.82, 2.24) is 15.3 Å². The summed E-state index contributed by atoms with van der Waals surface area (Å²) in [7, 11) is 0. The average molecular weight is 343 g/mol. The second kappa shape index (κ2) is 7.48. The van der Waals surface area contributed by atoms with Crippen molar-refractivity contribution in [2.75, 3.05) is 0 Å². The molecule has 1 unspecified atom stereocenters. The van der Waals surface area contributed by atoms with Gasteiger partial charge in [0, 0.05) is 29.4 Å². The molecule has 0 saturated carbocycles. The van der Waals surface area contributed by atoms with Crippen LogP contribution in [0.1, 0.15) is 28.0 Å². The van der Waals surface area contributed by atoms with Crippen LogP contribution in [-0.4, -0.2) is 15.9 Å². The first-order chi connectivity index (χ1) is 11.2. The van der Waals surface area contributed by atoms with Gasteiger partial charge in [-0.3, -0.25) is 9.78 Å². The van der Waals surface area contributed by atoms with Gasteiger partial charge in [-0.25, -0.2) is 4.98 Å².